The highest BCUT2D eigenvalue weighted by Gasteiger charge is 2.30. The molecule has 1 aromatic heterocycles. The molecule has 8 nitrogen and oxygen atoms in total. The first-order chi connectivity index (χ1) is 14.4. The highest BCUT2D eigenvalue weighted by atomic mass is 35.5. The van der Waals surface area contributed by atoms with E-state index in [4.69, 9.17) is 16.1 Å². The van der Waals surface area contributed by atoms with Gasteiger partial charge in [0, 0.05) is 40.9 Å². The van der Waals surface area contributed by atoms with Crippen molar-refractivity contribution in [2.45, 2.75) is 25.7 Å². The molecule has 0 radical (unpaired) electrons. The number of halogens is 1. The Morgan fingerprint density at radius 1 is 1.27 bits per heavy atom. The van der Waals surface area contributed by atoms with Crippen molar-refractivity contribution in [3.05, 3.63) is 74.6 Å². The Balaban J connectivity index is 1.51. The SMILES string of the molecule is Cc1ccc(C(=O)N2CCCC(c3nc(-c4ccc(Cl)cc4)no3)C2)cc1[N+](=O)[O-]. The summed E-state index contributed by atoms with van der Waals surface area (Å²) in [7, 11) is 0. The Morgan fingerprint density at radius 2 is 2.03 bits per heavy atom. The molecular formula is C21H19ClN4O4. The lowest BCUT2D eigenvalue weighted by Gasteiger charge is -2.31. The number of piperidine rings is 1. The van der Waals surface area contributed by atoms with Gasteiger partial charge in [0.2, 0.25) is 11.7 Å². The quantitative estimate of drug-likeness (QED) is 0.445. The number of aryl methyl sites for hydroxylation is 1. The van der Waals surface area contributed by atoms with E-state index in [0.717, 1.165) is 18.4 Å². The minimum absolute atomic E-state index is 0.0566. The van der Waals surface area contributed by atoms with Crippen molar-refractivity contribution in [2.75, 3.05) is 13.1 Å². The summed E-state index contributed by atoms with van der Waals surface area (Å²) in [5, 5.41) is 15.9. The van der Waals surface area contributed by atoms with Crippen LogP contribution in [-0.2, 0) is 0 Å². The van der Waals surface area contributed by atoms with E-state index in [1.165, 1.54) is 6.07 Å². The van der Waals surface area contributed by atoms with Crippen molar-refractivity contribution in [1.29, 1.82) is 0 Å². The first-order valence-electron chi connectivity index (χ1n) is 9.56. The van der Waals surface area contributed by atoms with Crippen LogP contribution in [0.15, 0.2) is 47.0 Å². The van der Waals surface area contributed by atoms with Crippen LogP contribution in [-0.4, -0.2) is 39.0 Å². The third-order valence-electron chi connectivity index (χ3n) is 5.25. The zero-order chi connectivity index (χ0) is 21.3. The van der Waals surface area contributed by atoms with Gasteiger partial charge in [-0.15, -0.1) is 0 Å². The van der Waals surface area contributed by atoms with Crippen LogP contribution in [0.3, 0.4) is 0 Å². The van der Waals surface area contributed by atoms with E-state index in [0.29, 0.717) is 41.0 Å². The van der Waals surface area contributed by atoms with E-state index in [-0.39, 0.29) is 17.5 Å². The van der Waals surface area contributed by atoms with E-state index in [1.807, 2.05) is 12.1 Å². The van der Waals surface area contributed by atoms with E-state index in [1.54, 1.807) is 36.1 Å². The fourth-order valence-corrected chi connectivity index (χ4v) is 3.73. The van der Waals surface area contributed by atoms with Gasteiger partial charge in [0.25, 0.3) is 11.6 Å². The maximum atomic E-state index is 12.9. The van der Waals surface area contributed by atoms with Gasteiger partial charge in [0.1, 0.15) is 0 Å². The van der Waals surface area contributed by atoms with Crippen LogP contribution in [0.25, 0.3) is 11.4 Å². The Bertz CT molecular complexity index is 1100. The highest BCUT2D eigenvalue weighted by molar-refractivity contribution is 6.30. The molecule has 1 unspecified atom stereocenters. The fourth-order valence-electron chi connectivity index (χ4n) is 3.60. The lowest BCUT2D eigenvalue weighted by molar-refractivity contribution is -0.385. The number of benzene rings is 2. The number of aromatic nitrogens is 2. The molecule has 1 saturated heterocycles. The smallest absolute Gasteiger partial charge is 0.273 e. The molecule has 1 aliphatic heterocycles. The van der Waals surface area contributed by atoms with Crippen molar-refractivity contribution in [3.8, 4) is 11.4 Å². The number of carbonyl (C=O) groups excluding carboxylic acids is 1. The normalized spacial score (nSPS) is 16.5. The summed E-state index contributed by atoms with van der Waals surface area (Å²) >= 11 is 5.92. The molecule has 4 rings (SSSR count). The second-order valence-electron chi connectivity index (χ2n) is 7.31. The number of rotatable bonds is 4. The van der Waals surface area contributed by atoms with Gasteiger partial charge in [-0.1, -0.05) is 22.8 Å². The summed E-state index contributed by atoms with van der Waals surface area (Å²) in [4.78, 5) is 29.9. The fraction of sp³-hybridized carbons (Fsp3) is 0.286. The molecule has 0 N–H and O–H groups in total. The zero-order valence-corrected chi connectivity index (χ0v) is 17.0. The second-order valence-corrected chi connectivity index (χ2v) is 7.75. The monoisotopic (exact) mass is 426 g/mol. The van der Waals surface area contributed by atoms with E-state index < -0.39 is 4.92 Å². The minimum atomic E-state index is -0.470. The molecule has 1 aliphatic rings. The van der Waals surface area contributed by atoms with Crippen LogP contribution in [0.2, 0.25) is 5.02 Å². The predicted octanol–water partition coefficient (Wildman–Crippen LogP) is 4.63. The number of hydrogen-bond donors (Lipinski definition) is 0. The summed E-state index contributed by atoms with van der Waals surface area (Å²) in [6.45, 7) is 2.65. The zero-order valence-electron chi connectivity index (χ0n) is 16.2. The number of carbonyl (C=O) groups is 1. The van der Waals surface area contributed by atoms with Gasteiger partial charge in [-0.2, -0.15) is 4.98 Å². The van der Waals surface area contributed by atoms with E-state index >= 15 is 0 Å². The summed E-state index contributed by atoms with van der Waals surface area (Å²) < 4.78 is 5.47. The molecule has 1 atom stereocenters. The molecular weight excluding hydrogens is 408 g/mol. The Morgan fingerprint density at radius 3 is 2.77 bits per heavy atom. The van der Waals surface area contributed by atoms with Crippen LogP contribution < -0.4 is 0 Å². The molecule has 2 aromatic carbocycles. The maximum absolute atomic E-state index is 12.9. The van der Waals surface area contributed by atoms with Crippen LogP contribution >= 0.6 is 11.6 Å². The Hall–Kier alpha value is -3.26. The minimum Gasteiger partial charge on any atom is -0.339 e. The molecule has 3 aromatic rings. The molecule has 1 fully saturated rings. The third-order valence-corrected chi connectivity index (χ3v) is 5.51. The predicted molar refractivity (Wildman–Crippen MR) is 110 cm³/mol. The molecule has 154 valence electrons. The van der Waals surface area contributed by atoms with Gasteiger partial charge in [0.15, 0.2) is 0 Å². The van der Waals surface area contributed by atoms with Gasteiger partial charge in [-0.25, -0.2) is 0 Å². The number of amides is 1. The first kappa shape index (κ1) is 20.0. The molecule has 0 aliphatic carbocycles. The average Bonchev–Trinajstić information content (AvgIpc) is 3.24. The third kappa shape index (κ3) is 4.04. The lowest BCUT2D eigenvalue weighted by Crippen LogP contribution is -2.39. The van der Waals surface area contributed by atoms with Gasteiger partial charge in [-0.05, 0) is 50.1 Å². The van der Waals surface area contributed by atoms with Crippen molar-refractivity contribution >= 4 is 23.2 Å². The van der Waals surface area contributed by atoms with E-state index in [2.05, 4.69) is 10.1 Å². The Kier molecular flexibility index (Phi) is 5.50. The molecule has 30 heavy (non-hydrogen) atoms. The van der Waals surface area contributed by atoms with Crippen molar-refractivity contribution in [2.24, 2.45) is 0 Å². The molecule has 0 saturated carbocycles. The van der Waals surface area contributed by atoms with Crippen LogP contribution in [0.1, 0.15) is 40.6 Å². The first-order valence-corrected chi connectivity index (χ1v) is 9.94. The number of hydrogen-bond acceptors (Lipinski definition) is 6. The van der Waals surface area contributed by atoms with Crippen molar-refractivity contribution in [1.82, 2.24) is 15.0 Å². The molecule has 1 amide bonds. The topological polar surface area (TPSA) is 102 Å². The van der Waals surface area contributed by atoms with Crippen molar-refractivity contribution < 1.29 is 14.2 Å². The number of nitrogens with zero attached hydrogens (tertiary/aromatic N) is 4. The standard InChI is InChI=1S/C21H19ClN4O4/c1-13-4-5-15(11-18(13)26(28)29)21(27)25-10-2-3-16(12-25)20-23-19(24-30-20)14-6-8-17(22)9-7-14/h4-9,11,16H,2-3,10,12H2,1H3. The molecule has 0 bridgehead atoms. The molecule has 0 spiro atoms. The van der Waals surface area contributed by atoms with Crippen LogP contribution in [0.5, 0.6) is 0 Å². The summed E-state index contributed by atoms with van der Waals surface area (Å²) in [6.07, 6.45) is 1.60. The highest BCUT2D eigenvalue weighted by Crippen LogP contribution is 2.29. The van der Waals surface area contributed by atoms with Gasteiger partial charge < -0.3 is 9.42 Å². The maximum Gasteiger partial charge on any atom is 0.273 e. The molecule has 9 heteroatoms. The van der Waals surface area contributed by atoms with E-state index in [9.17, 15) is 14.9 Å². The number of nitro benzene ring substituents is 1. The average molecular weight is 427 g/mol. The van der Waals surface area contributed by atoms with Crippen molar-refractivity contribution in [3.63, 3.8) is 0 Å². The lowest BCUT2D eigenvalue weighted by atomic mass is 9.97. The summed E-state index contributed by atoms with van der Waals surface area (Å²) in [6, 6.07) is 11.7. The number of likely N-dealkylation sites (tertiary alicyclic amines) is 1. The Labute approximate surface area is 177 Å². The molecule has 2 heterocycles. The van der Waals surface area contributed by atoms with Gasteiger partial charge >= 0.3 is 0 Å². The van der Waals surface area contributed by atoms with Crippen LogP contribution in [0.4, 0.5) is 5.69 Å². The van der Waals surface area contributed by atoms with Gasteiger partial charge in [-0.3, -0.25) is 14.9 Å². The number of nitro groups is 1. The summed E-state index contributed by atoms with van der Waals surface area (Å²) in [5.74, 6) is 0.628. The van der Waals surface area contributed by atoms with Gasteiger partial charge in [0.05, 0.1) is 10.8 Å². The van der Waals surface area contributed by atoms with Crippen LogP contribution in [0, 0.1) is 17.0 Å². The second kappa shape index (κ2) is 8.23. The largest absolute Gasteiger partial charge is 0.339 e. The summed E-state index contributed by atoms with van der Waals surface area (Å²) in [5.41, 5.74) is 1.57.